The number of esters is 2. The Kier molecular flexibility index (Phi) is 12.8. The highest BCUT2D eigenvalue weighted by Crippen LogP contribution is 2.76. The molecule has 5 saturated carbocycles. The van der Waals surface area contributed by atoms with Gasteiger partial charge in [0.05, 0.1) is 17.8 Å². The Morgan fingerprint density at radius 2 is 1.58 bits per heavy atom. The standard InChI is InChI=1S/C55H81NO5S/c1-10-60-48(58)53(36-61-47(57)39-14-12-11-13-15-39)27-18-38(19-28-53)42-23-25-50(6)44(49(42,4)5)24-26-52(8)45(50)17-16-43-46-41(37(2)3)22-31-55(46,33-32-51(43,52)7)56-35-34-54(59)29-20-40(62-9)21-30-54/h11-15,18,23,40-41,43-46,56,59H,2,10,16-17,19-22,24-36H2,1,3-9H3/t40?,41-,43+,44-,45+,46+,50-,51+,52+,53+,54?,55-/m0/s1. The molecule has 62 heavy (non-hydrogen) atoms. The van der Waals surface area contributed by atoms with E-state index < -0.39 is 17.0 Å². The van der Waals surface area contributed by atoms with Gasteiger partial charge in [-0.05, 0) is 210 Å². The van der Waals surface area contributed by atoms with Crippen molar-refractivity contribution in [2.45, 2.75) is 174 Å². The van der Waals surface area contributed by atoms with Gasteiger partial charge in [-0.1, -0.05) is 77.1 Å². The molecule has 0 aliphatic heterocycles. The predicted molar refractivity (Wildman–Crippen MR) is 254 cm³/mol. The monoisotopic (exact) mass is 868 g/mol. The number of carbonyl (C=O) groups is 2. The van der Waals surface area contributed by atoms with Gasteiger partial charge in [0.1, 0.15) is 12.0 Å². The van der Waals surface area contributed by atoms with E-state index in [-0.39, 0.29) is 39.8 Å². The number of rotatable bonds is 12. The van der Waals surface area contributed by atoms with E-state index in [1.165, 1.54) is 68.1 Å². The summed E-state index contributed by atoms with van der Waals surface area (Å²) in [6.07, 6.45) is 25.4. The maximum Gasteiger partial charge on any atom is 0.338 e. The SMILES string of the molecule is C=C(C)[C@@H]1CC[C@]2(NCCC3(O)CCC(SC)CC3)CC[C@]3(C)[C@H](CC[C@@H]4[C@@]5(C)CC=C(C6=CC[C@@](COC(=O)c7ccccc7)(C(=O)OCC)CC6)C(C)(C)[C@@H]5CC[C@]43C)[C@@H]12. The second-order valence-corrected chi connectivity index (χ2v) is 24.2. The molecule has 1 aromatic carbocycles. The summed E-state index contributed by atoms with van der Waals surface area (Å²) < 4.78 is 11.5. The Labute approximate surface area is 379 Å². The van der Waals surface area contributed by atoms with Gasteiger partial charge in [0, 0.05) is 10.8 Å². The molecule has 5 fully saturated rings. The van der Waals surface area contributed by atoms with Gasteiger partial charge < -0.3 is 19.9 Å². The van der Waals surface area contributed by atoms with E-state index in [4.69, 9.17) is 9.47 Å². The molecular formula is C55H81NO5S. The first-order chi connectivity index (χ1) is 29.4. The molecule has 1 aromatic rings. The number of ether oxygens (including phenoxy) is 2. The summed E-state index contributed by atoms with van der Waals surface area (Å²) in [5.41, 5.74) is 4.25. The number of fused-ring (bicyclic) bond motifs is 7. The molecule has 0 saturated heterocycles. The second-order valence-electron chi connectivity index (χ2n) is 23.1. The van der Waals surface area contributed by atoms with Crippen molar-refractivity contribution in [3.8, 4) is 0 Å². The maximum atomic E-state index is 13.6. The summed E-state index contributed by atoms with van der Waals surface area (Å²) in [6.45, 7) is 23.3. The zero-order chi connectivity index (χ0) is 44.3. The number of nitrogens with one attached hydrogen (secondary N) is 1. The van der Waals surface area contributed by atoms with Gasteiger partial charge >= 0.3 is 11.9 Å². The van der Waals surface area contributed by atoms with Crippen LogP contribution in [0.25, 0.3) is 0 Å². The van der Waals surface area contributed by atoms with E-state index >= 15 is 0 Å². The number of carbonyl (C=O) groups excluding carboxylic acids is 2. The molecule has 0 heterocycles. The average molecular weight is 868 g/mol. The van der Waals surface area contributed by atoms with Gasteiger partial charge in [-0.2, -0.15) is 11.8 Å². The van der Waals surface area contributed by atoms with Gasteiger partial charge in [-0.15, -0.1) is 0 Å². The van der Waals surface area contributed by atoms with Crippen LogP contribution in [0.3, 0.4) is 0 Å². The maximum absolute atomic E-state index is 13.6. The summed E-state index contributed by atoms with van der Waals surface area (Å²) in [5.74, 6) is 2.44. The fourth-order valence-electron chi connectivity index (χ4n) is 16.4. The summed E-state index contributed by atoms with van der Waals surface area (Å²) in [7, 11) is 0. The van der Waals surface area contributed by atoms with Crippen molar-refractivity contribution >= 4 is 23.7 Å². The van der Waals surface area contributed by atoms with E-state index in [1.54, 1.807) is 12.1 Å². The zero-order valence-corrected chi connectivity index (χ0v) is 40.7. The Morgan fingerprint density at radius 1 is 0.839 bits per heavy atom. The fourth-order valence-corrected chi connectivity index (χ4v) is 17.1. The molecule has 7 aliphatic carbocycles. The molecule has 0 spiro atoms. The minimum atomic E-state index is -0.873. The van der Waals surface area contributed by atoms with E-state index in [0.29, 0.717) is 59.9 Å². The molecule has 10 atom stereocenters. The average Bonchev–Trinajstić information content (AvgIpc) is 3.64. The number of aliphatic hydroxyl groups is 1. The Hall–Kier alpha value is -2.35. The third kappa shape index (κ3) is 7.64. The summed E-state index contributed by atoms with van der Waals surface area (Å²) in [5, 5.41) is 16.6. The molecule has 0 bridgehead atoms. The Bertz CT molecular complexity index is 1910. The van der Waals surface area contributed by atoms with Crippen LogP contribution in [0.2, 0.25) is 0 Å². The quantitative estimate of drug-likeness (QED) is 0.160. The number of hydrogen-bond acceptors (Lipinski definition) is 7. The molecule has 2 N–H and O–H groups in total. The molecule has 7 aliphatic rings. The van der Waals surface area contributed by atoms with Crippen LogP contribution in [-0.2, 0) is 14.3 Å². The lowest BCUT2D eigenvalue weighted by Crippen LogP contribution is -2.68. The van der Waals surface area contributed by atoms with E-state index in [9.17, 15) is 14.7 Å². The first kappa shape index (κ1) is 46.2. The van der Waals surface area contributed by atoms with Gasteiger partial charge in [0.2, 0.25) is 0 Å². The third-order valence-electron chi connectivity index (χ3n) is 20.1. The first-order valence-corrected chi connectivity index (χ1v) is 26.1. The molecule has 0 amide bonds. The minimum absolute atomic E-state index is 0.00243. The zero-order valence-electron chi connectivity index (χ0n) is 39.8. The highest BCUT2D eigenvalue weighted by atomic mass is 32.2. The van der Waals surface area contributed by atoms with Crippen molar-refractivity contribution < 1.29 is 24.2 Å². The molecular weight excluding hydrogens is 787 g/mol. The lowest BCUT2D eigenvalue weighted by Gasteiger charge is -2.72. The van der Waals surface area contributed by atoms with Crippen molar-refractivity contribution in [3.05, 3.63) is 71.3 Å². The van der Waals surface area contributed by atoms with E-state index in [2.05, 4.69) is 71.8 Å². The van der Waals surface area contributed by atoms with Crippen molar-refractivity contribution in [3.63, 3.8) is 0 Å². The van der Waals surface area contributed by atoms with Crippen molar-refractivity contribution in [1.82, 2.24) is 5.32 Å². The van der Waals surface area contributed by atoms with Crippen LogP contribution in [-0.4, -0.2) is 59.4 Å². The molecule has 7 heteroatoms. The molecule has 342 valence electrons. The highest BCUT2D eigenvalue weighted by molar-refractivity contribution is 7.99. The topological polar surface area (TPSA) is 84.9 Å². The third-order valence-corrected chi connectivity index (χ3v) is 21.2. The molecule has 8 rings (SSSR count). The highest BCUT2D eigenvalue weighted by Gasteiger charge is 2.70. The van der Waals surface area contributed by atoms with Gasteiger partial charge in [0.25, 0.3) is 0 Å². The lowest BCUT2D eigenvalue weighted by atomic mass is 9.33. The van der Waals surface area contributed by atoms with Crippen molar-refractivity contribution in [1.29, 1.82) is 0 Å². The summed E-state index contributed by atoms with van der Waals surface area (Å²) >= 11 is 1.98. The van der Waals surface area contributed by atoms with Gasteiger partial charge in [0.15, 0.2) is 0 Å². The minimum Gasteiger partial charge on any atom is -0.465 e. The molecule has 0 unspecified atom stereocenters. The Balaban J connectivity index is 1.00. The number of hydrogen-bond donors (Lipinski definition) is 2. The molecule has 6 nitrogen and oxygen atoms in total. The second kappa shape index (κ2) is 17.1. The fraction of sp³-hybridized carbons (Fsp3) is 0.745. The summed E-state index contributed by atoms with van der Waals surface area (Å²) in [6, 6.07) is 9.04. The van der Waals surface area contributed by atoms with Gasteiger partial charge in [-0.25, -0.2) is 4.79 Å². The van der Waals surface area contributed by atoms with Crippen LogP contribution < -0.4 is 5.32 Å². The first-order valence-electron chi connectivity index (χ1n) is 24.9. The lowest BCUT2D eigenvalue weighted by molar-refractivity contribution is -0.221. The van der Waals surface area contributed by atoms with Crippen LogP contribution in [0.5, 0.6) is 0 Å². The molecule has 0 radical (unpaired) electrons. The predicted octanol–water partition coefficient (Wildman–Crippen LogP) is 12.5. The van der Waals surface area contributed by atoms with E-state index in [1.807, 2.05) is 36.9 Å². The summed E-state index contributed by atoms with van der Waals surface area (Å²) in [4.78, 5) is 26.6. The number of allylic oxidation sites excluding steroid dienone is 5. The Morgan fingerprint density at radius 3 is 2.24 bits per heavy atom. The number of thioether (sulfide) groups is 1. The van der Waals surface area contributed by atoms with E-state index in [0.717, 1.165) is 51.5 Å². The molecule has 0 aromatic heterocycles. The van der Waals surface area contributed by atoms with Crippen LogP contribution in [0, 0.1) is 56.7 Å². The normalized spacial score (nSPS) is 42.2. The smallest absolute Gasteiger partial charge is 0.338 e. The largest absolute Gasteiger partial charge is 0.465 e. The van der Waals surface area contributed by atoms with Crippen molar-refractivity contribution in [2.75, 3.05) is 26.0 Å². The number of benzene rings is 1. The van der Waals surface area contributed by atoms with Crippen LogP contribution in [0.15, 0.2) is 65.8 Å². The van der Waals surface area contributed by atoms with Crippen LogP contribution in [0.1, 0.15) is 168 Å². The van der Waals surface area contributed by atoms with Gasteiger partial charge in [-0.3, -0.25) is 4.79 Å². The van der Waals surface area contributed by atoms with Crippen molar-refractivity contribution in [2.24, 2.45) is 56.7 Å². The van der Waals surface area contributed by atoms with Crippen LogP contribution >= 0.6 is 11.8 Å². The van der Waals surface area contributed by atoms with Crippen LogP contribution in [0.4, 0.5) is 0 Å².